The molecule has 0 aliphatic carbocycles. The Morgan fingerprint density at radius 3 is 3.05 bits per heavy atom. The number of fused-ring (bicyclic) bond motifs is 3. The van der Waals surface area contributed by atoms with Crippen molar-refractivity contribution in [1.82, 2.24) is 14.6 Å². The van der Waals surface area contributed by atoms with Gasteiger partial charge in [0, 0.05) is 49.7 Å². The number of aromatic nitrogens is 1. The topological polar surface area (TPSA) is 43.5 Å². The first-order chi connectivity index (χ1) is 10.3. The molecule has 2 saturated heterocycles. The van der Waals surface area contributed by atoms with E-state index in [1.165, 1.54) is 19.3 Å². The third-order valence-corrected chi connectivity index (χ3v) is 4.88. The summed E-state index contributed by atoms with van der Waals surface area (Å²) < 4.78 is 2.07. The van der Waals surface area contributed by atoms with Crippen LogP contribution < -0.4 is 5.32 Å². The summed E-state index contributed by atoms with van der Waals surface area (Å²) in [5, 5.41) is 13.2. The summed E-state index contributed by atoms with van der Waals surface area (Å²) >= 11 is 0. The molecule has 108 valence electrons. The summed E-state index contributed by atoms with van der Waals surface area (Å²) in [5.74, 6) is 0. The number of nitriles is 1. The van der Waals surface area contributed by atoms with E-state index < -0.39 is 0 Å². The molecule has 0 amide bonds. The van der Waals surface area contributed by atoms with E-state index in [2.05, 4.69) is 26.9 Å². The predicted molar refractivity (Wildman–Crippen MR) is 82.0 cm³/mol. The van der Waals surface area contributed by atoms with Gasteiger partial charge in [-0.15, -0.1) is 0 Å². The van der Waals surface area contributed by atoms with Crippen molar-refractivity contribution < 1.29 is 0 Å². The van der Waals surface area contributed by atoms with Crippen LogP contribution >= 0.6 is 0 Å². The van der Waals surface area contributed by atoms with Gasteiger partial charge in [-0.2, -0.15) is 5.26 Å². The van der Waals surface area contributed by atoms with E-state index in [-0.39, 0.29) is 0 Å². The van der Waals surface area contributed by atoms with Gasteiger partial charge < -0.3 is 9.72 Å². The molecule has 1 N–H and O–H groups in total. The lowest BCUT2D eigenvalue weighted by atomic mass is 10.1. The standard InChI is InChI=1S/C17H20N4/c18-9-16-13(11-21-7-2-1-3-17(16)21)10-20-8-6-14-4-5-15(12-20)19-14/h1-3,7,11,14-15,19H,4-6,8,10,12H2. The molecule has 2 atom stereocenters. The van der Waals surface area contributed by atoms with Gasteiger partial charge in [0.15, 0.2) is 0 Å². The monoisotopic (exact) mass is 280 g/mol. The minimum Gasteiger partial charge on any atom is -0.322 e. The fraction of sp³-hybridized carbons (Fsp3) is 0.471. The van der Waals surface area contributed by atoms with Gasteiger partial charge >= 0.3 is 0 Å². The third kappa shape index (κ3) is 2.33. The second-order valence-corrected chi connectivity index (χ2v) is 6.30. The molecule has 2 aromatic heterocycles. The van der Waals surface area contributed by atoms with Gasteiger partial charge in [-0.05, 0) is 31.4 Å². The van der Waals surface area contributed by atoms with Crippen LogP contribution in [0, 0.1) is 11.3 Å². The van der Waals surface area contributed by atoms with E-state index in [9.17, 15) is 5.26 Å². The van der Waals surface area contributed by atoms with Crippen molar-refractivity contribution in [2.45, 2.75) is 37.9 Å². The molecular weight excluding hydrogens is 260 g/mol. The number of nitrogens with one attached hydrogen (secondary N) is 1. The van der Waals surface area contributed by atoms with Crippen molar-refractivity contribution >= 4 is 5.52 Å². The largest absolute Gasteiger partial charge is 0.322 e. The molecule has 2 unspecified atom stereocenters. The van der Waals surface area contributed by atoms with Crippen LogP contribution in [0.2, 0.25) is 0 Å². The summed E-state index contributed by atoms with van der Waals surface area (Å²) in [6.07, 6.45) is 7.99. The van der Waals surface area contributed by atoms with Crippen molar-refractivity contribution in [3.63, 3.8) is 0 Å². The molecule has 0 spiro atoms. The normalized spacial score (nSPS) is 25.9. The molecule has 0 saturated carbocycles. The molecule has 4 rings (SSSR count). The van der Waals surface area contributed by atoms with Crippen LogP contribution in [-0.2, 0) is 6.54 Å². The zero-order valence-corrected chi connectivity index (χ0v) is 12.1. The fourth-order valence-corrected chi connectivity index (χ4v) is 3.83. The van der Waals surface area contributed by atoms with Gasteiger partial charge in [-0.3, -0.25) is 4.90 Å². The van der Waals surface area contributed by atoms with Gasteiger partial charge in [-0.1, -0.05) is 6.07 Å². The molecule has 2 bridgehead atoms. The number of likely N-dealkylation sites (tertiary alicyclic amines) is 1. The first kappa shape index (κ1) is 12.9. The zero-order chi connectivity index (χ0) is 14.2. The summed E-state index contributed by atoms with van der Waals surface area (Å²) in [4.78, 5) is 2.51. The maximum atomic E-state index is 9.50. The summed E-state index contributed by atoms with van der Waals surface area (Å²) in [6, 6.07) is 9.77. The van der Waals surface area contributed by atoms with Gasteiger partial charge in [0.05, 0.1) is 11.1 Å². The first-order valence-corrected chi connectivity index (χ1v) is 7.80. The summed E-state index contributed by atoms with van der Waals surface area (Å²) in [6.45, 7) is 3.12. The fourth-order valence-electron chi connectivity index (χ4n) is 3.83. The quantitative estimate of drug-likeness (QED) is 0.916. The number of nitrogens with zero attached hydrogens (tertiary/aromatic N) is 3. The van der Waals surface area contributed by atoms with Crippen molar-refractivity contribution in [3.8, 4) is 6.07 Å². The third-order valence-electron chi connectivity index (χ3n) is 4.88. The van der Waals surface area contributed by atoms with Crippen molar-refractivity contribution in [1.29, 1.82) is 5.26 Å². The molecule has 4 nitrogen and oxygen atoms in total. The second kappa shape index (κ2) is 5.18. The molecule has 4 heterocycles. The van der Waals surface area contributed by atoms with Crippen LogP contribution in [0.1, 0.15) is 30.4 Å². The van der Waals surface area contributed by atoms with Crippen LogP contribution in [0.15, 0.2) is 30.6 Å². The smallest absolute Gasteiger partial charge is 0.102 e. The van der Waals surface area contributed by atoms with Crippen LogP contribution in [-0.4, -0.2) is 34.5 Å². The molecule has 2 aliphatic heterocycles. The number of hydrogen-bond acceptors (Lipinski definition) is 3. The second-order valence-electron chi connectivity index (χ2n) is 6.30. The highest BCUT2D eigenvalue weighted by Crippen LogP contribution is 2.24. The average Bonchev–Trinajstić information content (AvgIpc) is 3.01. The Labute approximate surface area is 125 Å². The lowest BCUT2D eigenvalue weighted by Crippen LogP contribution is -2.35. The van der Waals surface area contributed by atoms with Crippen LogP contribution in [0.3, 0.4) is 0 Å². The molecule has 0 aromatic carbocycles. The maximum absolute atomic E-state index is 9.50. The van der Waals surface area contributed by atoms with Crippen LogP contribution in [0.5, 0.6) is 0 Å². The van der Waals surface area contributed by atoms with E-state index in [0.29, 0.717) is 12.1 Å². The average molecular weight is 280 g/mol. The Morgan fingerprint density at radius 1 is 1.24 bits per heavy atom. The molecule has 2 aliphatic rings. The minimum absolute atomic E-state index is 0.639. The van der Waals surface area contributed by atoms with E-state index in [1.54, 1.807) is 0 Å². The molecule has 2 aromatic rings. The molecule has 2 fully saturated rings. The lowest BCUT2D eigenvalue weighted by Gasteiger charge is -2.23. The summed E-state index contributed by atoms with van der Waals surface area (Å²) in [7, 11) is 0. The zero-order valence-electron chi connectivity index (χ0n) is 12.1. The van der Waals surface area contributed by atoms with Crippen LogP contribution in [0.4, 0.5) is 0 Å². The number of hydrogen-bond donors (Lipinski definition) is 1. The predicted octanol–water partition coefficient (Wildman–Crippen LogP) is 2.14. The van der Waals surface area contributed by atoms with Crippen molar-refractivity contribution in [2.24, 2.45) is 0 Å². The summed E-state index contributed by atoms with van der Waals surface area (Å²) in [5.41, 5.74) is 3.00. The Kier molecular flexibility index (Phi) is 3.17. The van der Waals surface area contributed by atoms with Gasteiger partial charge in [0.1, 0.15) is 6.07 Å². The van der Waals surface area contributed by atoms with E-state index in [0.717, 1.165) is 36.3 Å². The highest BCUT2D eigenvalue weighted by atomic mass is 15.2. The Hall–Kier alpha value is -1.83. The van der Waals surface area contributed by atoms with Crippen molar-refractivity contribution in [3.05, 3.63) is 41.7 Å². The molecule has 4 heteroatoms. The van der Waals surface area contributed by atoms with E-state index in [4.69, 9.17) is 0 Å². The lowest BCUT2D eigenvalue weighted by molar-refractivity contribution is 0.251. The van der Waals surface area contributed by atoms with Gasteiger partial charge in [-0.25, -0.2) is 0 Å². The Morgan fingerprint density at radius 2 is 2.14 bits per heavy atom. The maximum Gasteiger partial charge on any atom is 0.102 e. The van der Waals surface area contributed by atoms with Gasteiger partial charge in [0.2, 0.25) is 0 Å². The molecular formula is C17H20N4. The number of rotatable bonds is 2. The highest BCUT2D eigenvalue weighted by molar-refractivity contribution is 5.65. The first-order valence-electron chi connectivity index (χ1n) is 7.80. The SMILES string of the molecule is N#Cc1c(CN2CCC3CCC(C2)N3)cn2ccccc12. The van der Waals surface area contributed by atoms with Gasteiger partial charge in [0.25, 0.3) is 0 Å². The Balaban J connectivity index is 1.61. The van der Waals surface area contributed by atoms with Crippen LogP contribution in [0.25, 0.3) is 5.52 Å². The Bertz CT molecular complexity index is 696. The van der Waals surface area contributed by atoms with E-state index >= 15 is 0 Å². The van der Waals surface area contributed by atoms with E-state index in [1.807, 2.05) is 24.4 Å². The molecule has 0 radical (unpaired) electrons. The number of pyridine rings is 1. The molecule has 21 heavy (non-hydrogen) atoms. The van der Waals surface area contributed by atoms with Crippen molar-refractivity contribution in [2.75, 3.05) is 13.1 Å². The minimum atomic E-state index is 0.639. The highest BCUT2D eigenvalue weighted by Gasteiger charge is 2.29.